The summed E-state index contributed by atoms with van der Waals surface area (Å²) < 4.78 is 0. The molecule has 0 heterocycles. The molecule has 0 fully saturated rings. The Balaban J connectivity index is 1.79. The maximum atomic E-state index is 12.6. The lowest BCUT2D eigenvalue weighted by atomic mass is 9.96. The summed E-state index contributed by atoms with van der Waals surface area (Å²) in [5.74, 6) is -2.05. The van der Waals surface area contributed by atoms with Crippen molar-refractivity contribution in [3.8, 4) is 11.1 Å². The molecular formula is C24H20Cl2N2O4. The second-order valence-electron chi connectivity index (χ2n) is 6.99. The third kappa shape index (κ3) is 5.28. The Bertz CT molecular complexity index is 1140. The third-order valence-corrected chi connectivity index (χ3v) is 5.53. The van der Waals surface area contributed by atoms with Gasteiger partial charge < -0.3 is 15.7 Å². The lowest BCUT2D eigenvalue weighted by molar-refractivity contribution is -0.139. The van der Waals surface area contributed by atoms with Gasteiger partial charge in [-0.05, 0) is 34.9 Å². The molecule has 6 nitrogen and oxygen atoms in total. The molecule has 0 aliphatic rings. The SMILES string of the molecule is CNC(=O)c1ccccc1-c1ccc(C[C@H](NC(=O)c2c(Cl)cccc2Cl)C(=O)O)cc1. The molecule has 0 aromatic heterocycles. The molecule has 0 saturated carbocycles. The van der Waals surface area contributed by atoms with Crippen LogP contribution in [0, 0.1) is 0 Å². The van der Waals surface area contributed by atoms with Crippen molar-refractivity contribution in [2.45, 2.75) is 12.5 Å². The normalized spacial score (nSPS) is 11.5. The van der Waals surface area contributed by atoms with Crippen LogP contribution in [0.5, 0.6) is 0 Å². The van der Waals surface area contributed by atoms with Gasteiger partial charge in [0.2, 0.25) is 0 Å². The lowest BCUT2D eigenvalue weighted by Crippen LogP contribution is -2.42. The molecule has 3 rings (SSSR count). The minimum Gasteiger partial charge on any atom is -0.480 e. The number of carboxylic acid groups (broad SMARTS) is 1. The van der Waals surface area contributed by atoms with Crippen LogP contribution < -0.4 is 10.6 Å². The number of carboxylic acids is 1. The maximum Gasteiger partial charge on any atom is 0.326 e. The fourth-order valence-corrected chi connectivity index (χ4v) is 3.84. The number of carbonyl (C=O) groups excluding carboxylic acids is 2. The monoisotopic (exact) mass is 470 g/mol. The molecule has 164 valence electrons. The van der Waals surface area contributed by atoms with E-state index in [1.165, 1.54) is 12.1 Å². The molecule has 0 aliphatic heterocycles. The summed E-state index contributed by atoms with van der Waals surface area (Å²) in [6.07, 6.45) is 0.0561. The van der Waals surface area contributed by atoms with E-state index < -0.39 is 17.9 Å². The summed E-state index contributed by atoms with van der Waals surface area (Å²) in [5, 5.41) is 15.0. The van der Waals surface area contributed by atoms with Crippen LogP contribution in [0.15, 0.2) is 66.7 Å². The molecule has 32 heavy (non-hydrogen) atoms. The van der Waals surface area contributed by atoms with Crippen molar-refractivity contribution in [3.63, 3.8) is 0 Å². The van der Waals surface area contributed by atoms with Gasteiger partial charge in [-0.1, -0.05) is 71.7 Å². The van der Waals surface area contributed by atoms with Crippen LogP contribution in [0.4, 0.5) is 0 Å². The second kappa shape index (κ2) is 10.3. The van der Waals surface area contributed by atoms with Crippen molar-refractivity contribution >= 4 is 41.0 Å². The Kier molecular flexibility index (Phi) is 7.51. The number of benzene rings is 3. The molecule has 8 heteroatoms. The molecule has 3 aromatic rings. The van der Waals surface area contributed by atoms with E-state index in [1.807, 2.05) is 24.3 Å². The molecule has 0 unspecified atom stereocenters. The average molecular weight is 471 g/mol. The summed E-state index contributed by atoms with van der Waals surface area (Å²) in [7, 11) is 1.57. The molecule has 0 spiro atoms. The van der Waals surface area contributed by atoms with E-state index in [9.17, 15) is 19.5 Å². The Morgan fingerprint density at radius 2 is 1.50 bits per heavy atom. The van der Waals surface area contributed by atoms with Crippen molar-refractivity contribution < 1.29 is 19.5 Å². The summed E-state index contributed by atoms with van der Waals surface area (Å²) in [4.78, 5) is 36.5. The van der Waals surface area contributed by atoms with Crippen LogP contribution in [-0.4, -0.2) is 36.0 Å². The zero-order valence-electron chi connectivity index (χ0n) is 17.1. The van der Waals surface area contributed by atoms with E-state index in [1.54, 1.807) is 37.4 Å². The third-order valence-electron chi connectivity index (χ3n) is 4.90. The number of hydrogen-bond donors (Lipinski definition) is 3. The van der Waals surface area contributed by atoms with Crippen LogP contribution in [0.1, 0.15) is 26.3 Å². The van der Waals surface area contributed by atoms with E-state index in [4.69, 9.17) is 23.2 Å². The highest BCUT2D eigenvalue weighted by molar-refractivity contribution is 6.39. The first-order chi connectivity index (χ1) is 15.3. The molecular weight excluding hydrogens is 451 g/mol. The predicted molar refractivity (Wildman–Crippen MR) is 124 cm³/mol. The van der Waals surface area contributed by atoms with Gasteiger partial charge in [-0.25, -0.2) is 4.79 Å². The largest absolute Gasteiger partial charge is 0.480 e. The maximum absolute atomic E-state index is 12.6. The summed E-state index contributed by atoms with van der Waals surface area (Å²) in [6.45, 7) is 0. The zero-order valence-corrected chi connectivity index (χ0v) is 18.6. The van der Waals surface area contributed by atoms with Crippen molar-refractivity contribution in [1.29, 1.82) is 0 Å². The van der Waals surface area contributed by atoms with Crippen molar-refractivity contribution in [2.24, 2.45) is 0 Å². The number of amides is 2. The van der Waals surface area contributed by atoms with E-state index in [-0.39, 0.29) is 27.9 Å². The van der Waals surface area contributed by atoms with Gasteiger partial charge in [0, 0.05) is 19.0 Å². The fourth-order valence-electron chi connectivity index (χ4n) is 3.27. The number of hydrogen-bond acceptors (Lipinski definition) is 3. The van der Waals surface area contributed by atoms with Gasteiger partial charge in [0.15, 0.2) is 0 Å². The highest BCUT2D eigenvalue weighted by atomic mass is 35.5. The predicted octanol–water partition coefficient (Wildman–Crippen LogP) is 4.45. The highest BCUT2D eigenvalue weighted by Gasteiger charge is 2.24. The van der Waals surface area contributed by atoms with Gasteiger partial charge >= 0.3 is 5.97 Å². The Morgan fingerprint density at radius 1 is 0.875 bits per heavy atom. The van der Waals surface area contributed by atoms with Crippen LogP contribution in [0.2, 0.25) is 10.0 Å². The van der Waals surface area contributed by atoms with E-state index in [0.29, 0.717) is 11.1 Å². The Morgan fingerprint density at radius 3 is 2.09 bits per heavy atom. The number of aliphatic carboxylic acids is 1. The number of halogens is 2. The molecule has 0 bridgehead atoms. The first-order valence-corrected chi connectivity index (χ1v) is 10.5. The van der Waals surface area contributed by atoms with E-state index in [0.717, 1.165) is 11.1 Å². The van der Waals surface area contributed by atoms with Crippen molar-refractivity contribution in [1.82, 2.24) is 10.6 Å². The highest BCUT2D eigenvalue weighted by Crippen LogP contribution is 2.26. The van der Waals surface area contributed by atoms with Crippen LogP contribution in [-0.2, 0) is 11.2 Å². The average Bonchev–Trinajstić information content (AvgIpc) is 2.78. The topological polar surface area (TPSA) is 95.5 Å². The number of nitrogens with one attached hydrogen (secondary N) is 2. The molecule has 0 saturated heterocycles. The molecule has 0 radical (unpaired) electrons. The quantitative estimate of drug-likeness (QED) is 0.475. The summed E-state index contributed by atoms with van der Waals surface area (Å²) in [6, 6.07) is 17.8. The minimum absolute atomic E-state index is 0.0308. The molecule has 2 amide bonds. The Hall–Kier alpha value is -3.35. The van der Waals surface area contributed by atoms with Gasteiger partial charge in [-0.3, -0.25) is 9.59 Å². The first-order valence-electron chi connectivity index (χ1n) is 9.70. The molecule has 3 aromatic carbocycles. The van der Waals surface area contributed by atoms with Crippen LogP contribution >= 0.6 is 23.2 Å². The van der Waals surface area contributed by atoms with Crippen LogP contribution in [0.3, 0.4) is 0 Å². The van der Waals surface area contributed by atoms with Crippen LogP contribution in [0.25, 0.3) is 11.1 Å². The lowest BCUT2D eigenvalue weighted by Gasteiger charge is -2.16. The standard InChI is InChI=1S/C24H20Cl2N2O4/c1-27-22(29)17-6-3-2-5-16(17)15-11-9-14(10-12-15)13-20(24(31)32)28-23(30)21-18(25)7-4-8-19(21)26/h2-12,20H,13H2,1H3,(H,27,29)(H,28,30)(H,31,32)/t20-/m0/s1. The number of rotatable bonds is 7. The smallest absolute Gasteiger partial charge is 0.326 e. The summed E-state index contributed by atoms with van der Waals surface area (Å²) in [5.41, 5.74) is 2.84. The van der Waals surface area contributed by atoms with E-state index >= 15 is 0 Å². The first kappa shape index (κ1) is 23.3. The zero-order chi connectivity index (χ0) is 23.3. The number of carbonyl (C=O) groups is 3. The van der Waals surface area contributed by atoms with Gasteiger partial charge in [0.25, 0.3) is 11.8 Å². The van der Waals surface area contributed by atoms with Crippen molar-refractivity contribution in [2.75, 3.05) is 7.05 Å². The van der Waals surface area contributed by atoms with Gasteiger partial charge in [0.1, 0.15) is 6.04 Å². The molecule has 1 atom stereocenters. The van der Waals surface area contributed by atoms with Gasteiger partial charge in [-0.15, -0.1) is 0 Å². The van der Waals surface area contributed by atoms with Gasteiger partial charge in [0.05, 0.1) is 15.6 Å². The molecule has 0 aliphatic carbocycles. The van der Waals surface area contributed by atoms with E-state index in [2.05, 4.69) is 10.6 Å². The van der Waals surface area contributed by atoms with Crippen molar-refractivity contribution in [3.05, 3.63) is 93.5 Å². The second-order valence-corrected chi connectivity index (χ2v) is 7.80. The fraction of sp³-hybridized carbons (Fsp3) is 0.125. The van der Waals surface area contributed by atoms with Gasteiger partial charge in [-0.2, -0.15) is 0 Å². The molecule has 3 N–H and O–H groups in total. The minimum atomic E-state index is -1.18. The summed E-state index contributed by atoms with van der Waals surface area (Å²) >= 11 is 12.1. The Labute approximate surface area is 195 Å².